The first-order valence-electron chi connectivity index (χ1n) is 9.46. The van der Waals surface area contributed by atoms with Crippen molar-refractivity contribution in [1.29, 1.82) is 0 Å². The van der Waals surface area contributed by atoms with Gasteiger partial charge in [0.1, 0.15) is 5.82 Å². The van der Waals surface area contributed by atoms with E-state index in [1.807, 2.05) is 29.0 Å². The normalized spacial score (nSPS) is 10.9. The lowest BCUT2D eigenvalue weighted by molar-refractivity contribution is 0.1000. The first kappa shape index (κ1) is 19.4. The molecule has 0 atom stereocenters. The summed E-state index contributed by atoms with van der Waals surface area (Å²) >= 11 is 0. The Kier molecular flexibility index (Phi) is 5.06. The van der Waals surface area contributed by atoms with E-state index >= 15 is 0 Å². The average molecular weight is 401 g/mol. The third kappa shape index (κ3) is 3.93. The van der Waals surface area contributed by atoms with Gasteiger partial charge in [-0.2, -0.15) is 0 Å². The average Bonchev–Trinajstić information content (AvgIpc) is 3.11. The van der Waals surface area contributed by atoms with Crippen molar-refractivity contribution in [2.24, 2.45) is 5.73 Å². The van der Waals surface area contributed by atoms with Gasteiger partial charge in [-0.1, -0.05) is 24.3 Å². The van der Waals surface area contributed by atoms with Crippen LogP contribution in [0, 0.1) is 12.7 Å². The van der Waals surface area contributed by atoms with Gasteiger partial charge < -0.3 is 15.6 Å². The Labute approximate surface area is 172 Å². The molecule has 4 aromatic rings. The second-order valence-corrected chi connectivity index (χ2v) is 7.21. The number of fused-ring (bicyclic) bond motifs is 1. The molecule has 0 saturated carbocycles. The van der Waals surface area contributed by atoms with E-state index in [4.69, 9.17) is 5.73 Å². The van der Waals surface area contributed by atoms with Gasteiger partial charge in [-0.25, -0.2) is 4.39 Å². The molecule has 1 heterocycles. The predicted molar refractivity (Wildman–Crippen MR) is 115 cm³/mol. The van der Waals surface area contributed by atoms with E-state index in [0.29, 0.717) is 23.4 Å². The zero-order valence-electron chi connectivity index (χ0n) is 16.4. The number of halogens is 1. The van der Waals surface area contributed by atoms with E-state index in [0.717, 1.165) is 16.5 Å². The summed E-state index contributed by atoms with van der Waals surface area (Å²) in [6.45, 7) is 2.18. The third-order valence-electron chi connectivity index (χ3n) is 4.95. The molecule has 0 aliphatic heterocycles. The highest BCUT2D eigenvalue weighted by molar-refractivity contribution is 6.06. The molecule has 5 nitrogen and oxygen atoms in total. The van der Waals surface area contributed by atoms with Crippen molar-refractivity contribution in [3.05, 3.63) is 101 Å². The number of rotatable bonds is 5. The lowest BCUT2D eigenvalue weighted by atomic mass is 10.1. The molecule has 0 aliphatic rings. The number of carbonyl (C=O) groups excluding carboxylic acids is 2. The highest BCUT2D eigenvalue weighted by atomic mass is 19.1. The van der Waals surface area contributed by atoms with Crippen LogP contribution in [0.1, 0.15) is 31.8 Å². The molecule has 30 heavy (non-hydrogen) atoms. The number of anilines is 1. The zero-order valence-corrected chi connectivity index (χ0v) is 16.4. The molecule has 0 unspecified atom stereocenters. The maximum Gasteiger partial charge on any atom is 0.255 e. The van der Waals surface area contributed by atoms with Crippen molar-refractivity contribution in [1.82, 2.24) is 4.57 Å². The van der Waals surface area contributed by atoms with Crippen molar-refractivity contribution in [3.63, 3.8) is 0 Å². The van der Waals surface area contributed by atoms with Gasteiger partial charge in [-0.15, -0.1) is 0 Å². The van der Waals surface area contributed by atoms with E-state index in [-0.39, 0.29) is 17.3 Å². The van der Waals surface area contributed by atoms with Gasteiger partial charge in [-0.3, -0.25) is 9.59 Å². The Morgan fingerprint density at radius 2 is 1.77 bits per heavy atom. The van der Waals surface area contributed by atoms with Crippen molar-refractivity contribution >= 4 is 28.4 Å². The number of nitrogens with two attached hydrogens (primary N) is 1. The summed E-state index contributed by atoms with van der Waals surface area (Å²) in [6.07, 6.45) is 1.89. The van der Waals surface area contributed by atoms with Crippen LogP contribution in [0.3, 0.4) is 0 Å². The van der Waals surface area contributed by atoms with Crippen LogP contribution >= 0.6 is 0 Å². The summed E-state index contributed by atoms with van der Waals surface area (Å²) in [7, 11) is 0. The van der Waals surface area contributed by atoms with E-state index in [2.05, 4.69) is 5.32 Å². The van der Waals surface area contributed by atoms with Gasteiger partial charge in [0, 0.05) is 28.6 Å². The van der Waals surface area contributed by atoms with Gasteiger partial charge in [-0.05, 0) is 60.3 Å². The molecule has 0 spiro atoms. The van der Waals surface area contributed by atoms with Crippen molar-refractivity contribution < 1.29 is 14.0 Å². The molecular weight excluding hydrogens is 381 g/mol. The van der Waals surface area contributed by atoms with Gasteiger partial charge in [0.2, 0.25) is 5.91 Å². The fraction of sp³-hybridized carbons (Fsp3) is 0.0833. The van der Waals surface area contributed by atoms with Gasteiger partial charge in [0.25, 0.3) is 5.91 Å². The molecular formula is C24H20FN3O2. The SMILES string of the molecule is Cc1cc(C(N)=O)cc(C(=O)Nc2ccc3ccn(Cc4ccccc4F)c3c2)c1. The number of hydrogen-bond acceptors (Lipinski definition) is 2. The second kappa shape index (κ2) is 7.83. The van der Waals surface area contributed by atoms with E-state index in [1.54, 1.807) is 43.3 Å². The minimum Gasteiger partial charge on any atom is -0.366 e. The monoisotopic (exact) mass is 401 g/mol. The summed E-state index contributed by atoms with van der Waals surface area (Å²) in [6, 6.07) is 19.0. The molecule has 3 N–H and O–H groups in total. The smallest absolute Gasteiger partial charge is 0.255 e. The molecule has 3 aromatic carbocycles. The largest absolute Gasteiger partial charge is 0.366 e. The highest BCUT2D eigenvalue weighted by Gasteiger charge is 2.12. The number of amides is 2. The minimum atomic E-state index is -0.583. The Balaban J connectivity index is 1.62. The number of aryl methyl sites for hydroxylation is 1. The highest BCUT2D eigenvalue weighted by Crippen LogP contribution is 2.23. The summed E-state index contributed by atoms with van der Waals surface area (Å²) in [5.74, 6) is -1.18. The summed E-state index contributed by atoms with van der Waals surface area (Å²) in [5, 5.41) is 3.84. The molecule has 6 heteroatoms. The van der Waals surface area contributed by atoms with Gasteiger partial charge in [0.15, 0.2) is 0 Å². The fourth-order valence-electron chi connectivity index (χ4n) is 3.47. The topological polar surface area (TPSA) is 77.1 Å². The first-order valence-corrected chi connectivity index (χ1v) is 9.46. The number of nitrogens with zero attached hydrogens (tertiary/aromatic N) is 1. The quantitative estimate of drug-likeness (QED) is 0.517. The standard InChI is InChI=1S/C24H20FN3O2/c1-15-10-18(23(26)29)12-19(11-15)24(30)27-20-7-6-16-8-9-28(22(16)13-20)14-17-4-2-3-5-21(17)25/h2-13H,14H2,1H3,(H2,26,29)(H,27,30). The zero-order chi connectivity index (χ0) is 21.3. The number of carbonyl (C=O) groups is 2. The van der Waals surface area contributed by atoms with Crippen molar-refractivity contribution in [2.45, 2.75) is 13.5 Å². The van der Waals surface area contributed by atoms with E-state index in [1.165, 1.54) is 12.1 Å². The maximum atomic E-state index is 14.0. The van der Waals surface area contributed by atoms with Crippen LogP contribution in [0.5, 0.6) is 0 Å². The van der Waals surface area contributed by atoms with Gasteiger partial charge in [0.05, 0.1) is 12.1 Å². The summed E-state index contributed by atoms with van der Waals surface area (Å²) in [4.78, 5) is 24.2. The van der Waals surface area contributed by atoms with Crippen LogP contribution < -0.4 is 11.1 Å². The molecule has 0 saturated heterocycles. The molecule has 2 amide bonds. The second-order valence-electron chi connectivity index (χ2n) is 7.21. The Bertz CT molecular complexity index is 1280. The number of nitrogens with one attached hydrogen (secondary N) is 1. The number of hydrogen-bond donors (Lipinski definition) is 2. The molecule has 1 aromatic heterocycles. The fourth-order valence-corrected chi connectivity index (χ4v) is 3.47. The Hall–Kier alpha value is -3.93. The van der Waals surface area contributed by atoms with E-state index < -0.39 is 5.91 Å². The van der Waals surface area contributed by atoms with Crippen LogP contribution in [0.4, 0.5) is 10.1 Å². The number of benzene rings is 3. The Morgan fingerprint density at radius 3 is 2.53 bits per heavy atom. The molecule has 0 bridgehead atoms. The summed E-state index contributed by atoms with van der Waals surface area (Å²) < 4.78 is 16.0. The molecule has 4 rings (SSSR count). The van der Waals surface area contributed by atoms with Crippen molar-refractivity contribution in [2.75, 3.05) is 5.32 Å². The summed E-state index contributed by atoms with van der Waals surface area (Å²) in [5.41, 5.74) is 8.81. The molecule has 0 fully saturated rings. The van der Waals surface area contributed by atoms with Crippen LogP contribution in [0.15, 0.2) is 72.9 Å². The minimum absolute atomic E-state index is 0.256. The first-order chi connectivity index (χ1) is 14.4. The number of aromatic nitrogens is 1. The third-order valence-corrected chi connectivity index (χ3v) is 4.95. The molecule has 0 radical (unpaired) electrons. The van der Waals surface area contributed by atoms with E-state index in [9.17, 15) is 14.0 Å². The molecule has 0 aliphatic carbocycles. The van der Waals surface area contributed by atoms with Crippen LogP contribution in [0.25, 0.3) is 10.9 Å². The lowest BCUT2D eigenvalue weighted by Gasteiger charge is -2.10. The van der Waals surface area contributed by atoms with Gasteiger partial charge >= 0.3 is 0 Å². The van der Waals surface area contributed by atoms with Crippen LogP contribution in [-0.4, -0.2) is 16.4 Å². The van der Waals surface area contributed by atoms with Crippen LogP contribution in [-0.2, 0) is 6.54 Å². The van der Waals surface area contributed by atoms with Crippen molar-refractivity contribution in [3.8, 4) is 0 Å². The lowest BCUT2D eigenvalue weighted by Crippen LogP contribution is -2.16. The maximum absolute atomic E-state index is 14.0. The number of primary amides is 1. The predicted octanol–water partition coefficient (Wildman–Crippen LogP) is 4.49. The molecule has 150 valence electrons. The van der Waals surface area contributed by atoms with Crippen LogP contribution in [0.2, 0.25) is 0 Å². The Morgan fingerprint density at radius 1 is 1.00 bits per heavy atom.